The number of carbonyl (C=O) groups excluding carboxylic acids is 2. The number of hydrogen-bond acceptors (Lipinski definition) is 5. The quantitative estimate of drug-likeness (QED) is 0.517. The predicted octanol–water partition coefficient (Wildman–Crippen LogP) is 2.32. The Hall–Kier alpha value is -2.61. The number of fused-ring (bicyclic) bond motifs is 1. The molecule has 1 fully saturated rings. The van der Waals surface area contributed by atoms with Gasteiger partial charge in [-0.05, 0) is 69.4 Å². The maximum atomic E-state index is 12.6. The van der Waals surface area contributed by atoms with Gasteiger partial charge < -0.3 is 20.3 Å². The number of carbonyl (C=O) groups is 2. The average Bonchev–Trinajstić information content (AvgIpc) is 3.19. The molecule has 3 rings (SSSR count). The number of aromatic amines is 1. The van der Waals surface area contributed by atoms with E-state index < -0.39 is 0 Å². The SMILES string of the molecule is CCCC(=O)NCCCN1CCC(CNC(=O)c2n[nH]c3ccc(OC)cc23)CC1. The minimum atomic E-state index is -0.153. The molecular formula is C22H33N5O3. The molecule has 0 aliphatic carbocycles. The molecule has 0 saturated carbocycles. The van der Waals surface area contributed by atoms with Crippen molar-refractivity contribution in [1.82, 2.24) is 25.7 Å². The molecule has 1 saturated heterocycles. The average molecular weight is 416 g/mol. The van der Waals surface area contributed by atoms with Crippen molar-refractivity contribution in [3.05, 3.63) is 23.9 Å². The van der Waals surface area contributed by atoms with Crippen LogP contribution in [0.1, 0.15) is 49.5 Å². The zero-order chi connectivity index (χ0) is 21.3. The molecule has 0 spiro atoms. The van der Waals surface area contributed by atoms with E-state index in [-0.39, 0.29) is 11.8 Å². The van der Waals surface area contributed by atoms with Crippen LogP contribution in [-0.2, 0) is 4.79 Å². The Morgan fingerprint density at radius 1 is 1.27 bits per heavy atom. The molecule has 1 aliphatic heterocycles. The molecule has 2 heterocycles. The zero-order valence-corrected chi connectivity index (χ0v) is 18.0. The number of methoxy groups -OCH3 is 1. The molecule has 0 atom stereocenters. The van der Waals surface area contributed by atoms with E-state index >= 15 is 0 Å². The van der Waals surface area contributed by atoms with Crippen molar-refractivity contribution in [2.24, 2.45) is 5.92 Å². The second-order valence-electron chi connectivity index (χ2n) is 7.93. The summed E-state index contributed by atoms with van der Waals surface area (Å²) in [6.07, 6.45) is 4.61. The minimum absolute atomic E-state index is 0.148. The monoisotopic (exact) mass is 415 g/mol. The first-order valence-electron chi connectivity index (χ1n) is 10.9. The third-order valence-electron chi connectivity index (χ3n) is 5.69. The van der Waals surface area contributed by atoms with Gasteiger partial charge in [0.25, 0.3) is 5.91 Å². The number of piperidine rings is 1. The second kappa shape index (κ2) is 11.0. The standard InChI is InChI=1S/C22H33N5O3/c1-3-5-20(28)23-10-4-11-27-12-8-16(9-13-27)15-24-22(29)21-18-14-17(30-2)6-7-19(18)25-26-21/h6-7,14,16H,3-5,8-13,15H2,1-2H3,(H,23,28)(H,24,29)(H,25,26). The van der Waals surface area contributed by atoms with Gasteiger partial charge in [-0.3, -0.25) is 14.7 Å². The summed E-state index contributed by atoms with van der Waals surface area (Å²) in [5, 5.41) is 13.9. The number of nitrogens with zero attached hydrogens (tertiary/aromatic N) is 2. The minimum Gasteiger partial charge on any atom is -0.497 e. The number of benzene rings is 1. The Bertz CT molecular complexity index is 842. The summed E-state index contributed by atoms with van der Waals surface area (Å²) in [5.74, 6) is 1.18. The Balaban J connectivity index is 1.38. The van der Waals surface area contributed by atoms with Crippen LogP contribution in [0.4, 0.5) is 0 Å². The highest BCUT2D eigenvalue weighted by Gasteiger charge is 2.21. The van der Waals surface area contributed by atoms with E-state index in [1.807, 2.05) is 25.1 Å². The summed E-state index contributed by atoms with van der Waals surface area (Å²) in [6, 6.07) is 5.54. The summed E-state index contributed by atoms with van der Waals surface area (Å²) in [6.45, 7) is 6.50. The fourth-order valence-electron chi connectivity index (χ4n) is 3.87. The molecule has 2 amide bonds. The number of aromatic nitrogens is 2. The first kappa shape index (κ1) is 22.1. The molecule has 164 valence electrons. The lowest BCUT2D eigenvalue weighted by molar-refractivity contribution is -0.121. The first-order valence-corrected chi connectivity index (χ1v) is 10.9. The summed E-state index contributed by atoms with van der Waals surface area (Å²) < 4.78 is 5.25. The van der Waals surface area contributed by atoms with Crippen LogP contribution in [0.5, 0.6) is 5.75 Å². The molecular weight excluding hydrogens is 382 g/mol. The van der Waals surface area contributed by atoms with Gasteiger partial charge in [0, 0.05) is 24.9 Å². The van der Waals surface area contributed by atoms with Crippen LogP contribution in [0.15, 0.2) is 18.2 Å². The van der Waals surface area contributed by atoms with Gasteiger partial charge in [-0.15, -0.1) is 0 Å². The fraction of sp³-hybridized carbons (Fsp3) is 0.591. The lowest BCUT2D eigenvalue weighted by Gasteiger charge is -2.32. The van der Waals surface area contributed by atoms with Crippen molar-refractivity contribution in [3.63, 3.8) is 0 Å². The molecule has 1 aromatic carbocycles. The fourth-order valence-corrected chi connectivity index (χ4v) is 3.87. The second-order valence-corrected chi connectivity index (χ2v) is 7.93. The number of likely N-dealkylation sites (tertiary alicyclic amines) is 1. The number of rotatable bonds is 10. The molecule has 30 heavy (non-hydrogen) atoms. The Labute approximate surface area is 177 Å². The number of ether oxygens (including phenoxy) is 1. The maximum Gasteiger partial charge on any atom is 0.272 e. The van der Waals surface area contributed by atoms with Crippen LogP contribution < -0.4 is 15.4 Å². The van der Waals surface area contributed by atoms with Crippen molar-refractivity contribution >= 4 is 22.7 Å². The van der Waals surface area contributed by atoms with E-state index in [1.54, 1.807) is 7.11 Å². The molecule has 2 aromatic rings. The smallest absolute Gasteiger partial charge is 0.272 e. The van der Waals surface area contributed by atoms with Gasteiger partial charge in [0.15, 0.2) is 5.69 Å². The Morgan fingerprint density at radius 2 is 2.07 bits per heavy atom. The molecule has 1 aromatic heterocycles. The lowest BCUT2D eigenvalue weighted by atomic mass is 9.96. The van der Waals surface area contributed by atoms with Gasteiger partial charge in [-0.2, -0.15) is 5.10 Å². The summed E-state index contributed by atoms with van der Waals surface area (Å²) in [5.41, 5.74) is 1.23. The molecule has 0 unspecified atom stereocenters. The van der Waals surface area contributed by atoms with Crippen molar-refractivity contribution in [2.75, 3.05) is 39.8 Å². The van der Waals surface area contributed by atoms with Crippen LogP contribution >= 0.6 is 0 Å². The highest BCUT2D eigenvalue weighted by atomic mass is 16.5. The Kier molecular flexibility index (Phi) is 8.07. The highest BCUT2D eigenvalue weighted by molar-refractivity contribution is 6.05. The van der Waals surface area contributed by atoms with Crippen molar-refractivity contribution < 1.29 is 14.3 Å². The molecule has 0 radical (unpaired) electrons. The van der Waals surface area contributed by atoms with Gasteiger partial charge in [-0.1, -0.05) is 6.92 Å². The van der Waals surface area contributed by atoms with E-state index in [1.165, 1.54) is 0 Å². The van der Waals surface area contributed by atoms with Crippen LogP contribution in [0.25, 0.3) is 10.9 Å². The molecule has 8 heteroatoms. The summed E-state index contributed by atoms with van der Waals surface area (Å²) >= 11 is 0. The van der Waals surface area contributed by atoms with Crippen LogP contribution in [0.2, 0.25) is 0 Å². The van der Waals surface area contributed by atoms with E-state index in [9.17, 15) is 9.59 Å². The third kappa shape index (κ3) is 5.95. The number of nitrogens with one attached hydrogen (secondary N) is 3. The van der Waals surface area contributed by atoms with Gasteiger partial charge in [0.1, 0.15) is 5.75 Å². The van der Waals surface area contributed by atoms with E-state index in [0.717, 1.165) is 62.8 Å². The maximum absolute atomic E-state index is 12.6. The van der Waals surface area contributed by atoms with E-state index in [0.29, 0.717) is 30.3 Å². The number of hydrogen-bond donors (Lipinski definition) is 3. The van der Waals surface area contributed by atoms with Crippen molar-refractivity contribution in [2.45, 2.75) is 39.0 Å². The lowest BCUT2D eigenvalue weighted by Crippen LogP contribution is -2.39. The van der Waals surface area contributed by atoms with Gasteiger partial charge >= 0.3 is 0 Å². The summed E-state index contributed by atoms with van der Waals surface area (Å²) in [7, 11) is 1.61. The molecule has 3 N–H and O–H groups in total. The van der Waals surface area contributed by atoms with Gasteiger partial charge in [0.2, 0.25) is 5.91 Å². The zero-order valence-electron chi connectivity index (χ0n) is 18.0. The number of amides is 2. The third-order valence-corrected chi connectivity index (χ3v) is 5.69. The van der Waals surface area contributed by atoms with Crippen molar-refractivity contribution in [3.8, 4) is 5.75 Å². The largest absolute Gasteiger partial charge is 0.497 e. The molecule has 0 bridgehead atoms. The highest BCUT2D eigenvalue weighted by Crippen LogP contribution is 2.22. The van der Waals surface area contributed by atoms with Gasteiger partial charge in [0.05, 0.1) is 12.6 Å². The van der Waals surface area contributed by atoms with E-state index in [2.05, 4.69) is 25.7 Å². The Morgan fingerprint density at radius 3 is 2.80 bits per heavy atom. The molecule has 1 aliphatic rings. The van der Waals surface area contributed by atoms with Crippen LogP contribution in [0, 0.1) is 5.92 Å². The predicted molar refractivity (Wildman–Crippen MR) is 117 cm³/mol. The van der Waals surface area contributed by atoms with Crippen molar-refractivity contribution in [1.29, 1.82) is 0 Å². The molecule has 8 nitrogen and oxygen atoms in total. The first-order chi connectivity index (χ1) is 14.6. The van der Waals surface area contributed by atoms with Crippen LogP contribution in [0.3, 0.4) is 0 Å². The number of H-pyrrole nitrogens is 1. The topological polar surface area (TPSA) is 99.4 Å². The summed E-state index contributed by atoms with van der Waals surface area (Å²) in [4.78, 5) is 26.5. The van der Waals surface area contributed by atoms with E-state index in [4.69, 9.17) is 4.74 Å². The van der Waals surface area contributed by atoms with Gasteiger partial charge in [-0.25, -0.2) is 0 Å². The van der Waals surface area contributed by atoms with Crippen LogP contribution in [-0.4, -0.2) is 66.7 Å². The normalized spacial score (nSPS) is 15.3.